The summed E-state index contributed by atoms with van der Waals surface area (Å²) in [4.78, 5) is 37.3. The number of nitro groups is 1. The number of carbonyl (C=O) groups is 2. The summed E-state index contributed by atoms with van der Waals surface area (Å²) in [6.45, 7) is 0.352. The lowest BCUT2D eigenvalue weighted by molar-refractivity contribution is -0.384. The van der Waals surface area contributed by atoms with Gasteiger partial charge in [-0.25, -0.2) is 4.79 Å². The van der Waals surface area contributed by atoms with Crippen molar-refractivity contribution in [1.29, 1.82) is 0 Å². The highest BCUT2D eigenvalue weighted by molar-refractivity contribution is 6.05. The molecular formula is C23H20N2O5. The van der Waals surface area contributed by atoms with Gasteiger partial charge in [0, 0.05) is 25.7 Å². The van der Waals surface area contributed by atoms with Crippen LogP contribution < -0.4 is 0 Å². The number of hydrogen-bond acceptors (Lipinski definition) is 5. The fraction of sp³-hybridized carbons (Fsp3) is 0.130. The Bertz CT molecular complexity index is 1050. The van der Waals surface area contributed by atoms with Crippen LogP contribution in [0.15, 0.2) is 78.9 Å². The van der Waals surface area contributed by atoms with E-state index in [9.17, 15) is 19.7 Å². The molecule has 0 bridgehead atoms. The number of nitro benzene ring substituents is 1. The standard InChI is InChI=1S/C23H20N2O5/c1-24(15-17-7-3-2-4-8-17)22(26)20-9-5-6-10-21(20)23(27)30-16-18-11-13-19(14-12-18)25(28)29/h2-14H,15-16H2,1H3. The van der Waals surface area contributed by atoms with E-state index >= 15 is 0 Å². The Kier molecular flexibility index (Phi) is 6.54. The maximum Gasteiger partial charge on any atom is 0.339 e. The topological polar surface area (TPSA) is 89.8 Å². The van der Waals surface area contributed by atoms with E-state index in [1.165, 1.54) is 29.2 Å². The third-order valence-electron chi connectivity index (χ3n) is 4.50. The van der Waals surface area contributed by atoms with Gasteiger partial charge in [0.05, 0.1) is 16.1 Å². The summed E-state index contributed by atoms with van der Waals surface area (Å²) in [5.74, 6) is -0.924. The summed E-state index contributed by atoms with van der Waals surface area (Å²) in [6, 6.07) is 21.8. The molecule has 0 aliphatic carbocycles. The summed E-state index contributed by atoms with van der Waals surface area (Å²) in [7, 11) is 1.67. The molecule has 7 nitrogen and oxygen atoms in total. The monoisotopic (exact) mass is 404 g/mol. The van der Waals surface area contributed by atoms with Crippen molar-refractivity contribution in [2.75, 3.05) is 7.05 Å². The maximum absolute atomic E-state index is 12.9. The van der Waals surface area contributed by atoms with E-state index in [4.69, 9.17) is 4.74 Å². The summed E-state index contributed by atoms with van der Waals surface area (Å²) < 4.78 is 5.32. The van der Waals surface area contributed by atoms with Gasteiger partial charge in [0.1, 0.15) is 6.61 Å². The van der Waals surface area contributed by atoms with Crippen LogP contribution in [0, 0.1) is 10.1 Å². The molecule has 1 amide bonds. The third kappa shape index (κ3) is 5.08. The molecule has 0 atom stereocenters. The minimum Gasteiger partial charge on any atom is -0.457 e. The molecule has 0 fully saturated rings. The third-order valence-corrected chi connectivity index (χ3v) is 4.50. The zero-order valence-electron chi connectivity index (χ0n) is 16.4. The SMILES string of the molecule is CN(Cc1ccccc1)C(=O)c1ccccc1C(=O)OCc1ccc([N+](=O)[O-])cc1. The molecule has 3 aromatic rings. The van der Waals surface area contributed by atoms with Crippen molar-refractivity contribution >= 4 is 17.6 Å². The number of non-ortho nitro benzene ring substituents is 1. The number of benzene rings is 3. The minimum atomic E-state index is -0.634. The summed E-state index contributed by atoms with van der Waals surface area (Å²) in [5.41, 5.74) is 1.97. The zero-order chi connectivity index (χ0) is 21.5. The highest BCUT2D eigenvalue weighted by atomic mass is 16.6. The average Bonchev–Trinajstić information content (AvgIpc) is 2.78. The number of amides is 1. The Morgan fingerprint density at radius 2 is 1.47 bits per heavy atom. The quantitative estimate of drug-likeness (QED) is 0.334. The number of ether oxygens (including phenoxy) is 1. The van der Waals surface area contributed by atoms with Crippen molar-refractivity contribution in [3.05, 3.63) is 111 Å². The second kappa shape index (κ2) is 9.47. The zero-order valence-corrected chi connectivity index (χ0v) is 16.4. The number of rotatable bonds is 7. The molecule has 0 spiro atoms. The first-order chi connectivity index (χ1) is 14.5. The molecular weight excluding hydrogens is 384 g/mol. The lowest BCUT2D eigenvalue weighted by Crippen LogP contribution is -2.28. The van der Waals surface area contributed by atoms with Gasteiger partial charge in [-0.2, -0.15) is 0 Å². The Morgan fingerprint density at radius 3 is 2.10 bits per heavy atom. The summed E-state index contributed by atoms with van der Waals surface area (Å²) >= 11 is 0. The van der Waals surface area contributed by atoms with Crippen LogP contribution in [-0.2, 0) is 17.9 Å². The van der Waals surface area contributed by atoms with Gasteiger partial charge in [-0.15, -0.1) is 0 Å². The molecule has 30 heavy (non-hydrogen) atoms. The van der Waals surface area contributed by atoms with Gasteiger partial charge in [-0.05, 0) is 35.4 Å². The fourth-order valence-electron chi connectivity index (χ4n) is 2.92. The number of nitrogens with zero attached hydrogens (tertiary/aromatic N) is 2. The first-order valence-corrected chi connectivity index (χ1v) is 9.24. The predicted octanol–water partition coefficient (Wildman–Crippen LogP) is 4.22. The average molecular weight is 404 g/mol. The smallest absolute Gasteiger partial charge is 0.339 e. The van der Waals surface area contributed by atoms with Crippen LogP contribution in [-0.4, -0.2) is 28.7 Å². The van der Waals surface area contributed by atoms with Gasteiger partial charge in [-0.1, -0.05) is 42.5 Å². The summed E-state index contributed by atoms with van der Waals surface area (Å²) in [5, 5.41) is 10.7. The molecule has 3 aromatic carbocycles. The Morgan fingerprint density at radius 1 is 0.867 bits per heavy atom. The Hall–Kier alpha value is -4.00. The molecule has 0 saturated heterocycles. The molecule has 3 rings (SSSR count). The summed E-state index contributed by atoms with van der Waals surface area (Å²) in [6.07, 6.45) is 0. The molecule has 0 saturated carbocycles. The molecule has 0 aliphatic heterocycles. The van der Waals surface area contributed by atoms with E-state index in [1.807, 2.05) is 30.3 Å². The molecule has 0 radical (unpaired) electrons. The van der Waals surface area contributed by atoms with E-state index in [0.29, 0.717) is 12.1 Å². The number of carbonyl (C=O) groups excluding carboxylic acids is 2. The van der Waals surface area contributed by atoms with Gasteiger partial charge in [0.15, 0.2) is 0 Å². The van der Waals surface area contributed by atoms with Crippen LogP contribution in [0.4, 0.5) is 5.69 Å². The van der Waals surface area contributed by atoms with Crippen molar-refractivity contribution < 1.29 is 19.2 Å². The van der Waals surface area contributed by atoms with Crippen molar-refractivity contribution in [2.24, 2.45) is 0 Å². The van der Waals surface area contributed by atoms with E-state index in [-0.39, 0.29) is 29.3 Å². The second-order valence-electron chi connectivity index (χ2n) is 6.69. The minimum absolute atomic E-state index is 0.0394. The second-order valence-corrected chi connectivity index (χ2v) is 6.69. The van der Waals surface area contributed by atoms with Crippen LogP contribution >= 0.6 is 0 Å². The molecule has 0 heterocycles. The van der Waals surface area contributed by atoms with E-state index in [1.54, 1.807) is 31.3 Å². The Labute approximate surface area is 173 Å². The predicted molar refractivity (Wildman–Crippen MR) is 111 cm³/mol. The maximum atomic E-state index is 12.9. The molecule has 0 aromatic heterocycles. The van der Waals surface area contributed by atoms with Crippen LogP contribution in [0.25, 0.3) is 0 Å². The van der Waals surface area contributed by atoms with Crippen molar-refractivity contribution in [1.82, 2.24) is 4.90 Å². The van der Waals surface area contributed by atoms with Gasteiger partial charge < -0.3 is 9.64 Å². The van der Waals surface area contributed by atoms with Crippen LogP contribution in [0.2, 0.25) is 0 Å². The number of hydrogen-bond donors (Lipinski definition) is 0. The molecule has 7 heteroatoms. The molecule has 0 N–H and O–H groups in total. The highest BCUT2D eigenvalue weighted by Gasteiger charge is 2.21. The largest absolute Gasteiger partial charge is 0.457 e. The van der Waals surface area contributed by atoms with Gasteiger partial charge in [0.25, 0.3) is 11.6 Å². The van der Waals surface area contributed by atoms with E-state index in [2.05, 4.69) is 0 Å². The van der Waals surface area contributed by atoms with Crippen molar-refractivity contribution in [3.8, 4) is 0 Å². The lowest BCUT2D eigenvalue weighted by Gasteiger charge is -2.19. The van der Waals surface area contributed by atoms with Crippen molar-refractivity contribution in [3.63, 3.8) is 0 Å². The van der Waals surface area contributed by atoms with Gasteiger partial charge in [-0.3, -0.25) is 14.9 Å². The number of esters is 1. The molecule has 152 valence electrons. The highest BCUT2D eigenvalue weighted by Crippen LogP contribution is 2.17. The molecule has 0 unspecified atom stereocenters. The molecule has 0 aliphatic rings. The van der Waals surface area contributed by atoms with E-state index < -0.39 is 10.9 Å². The van der Waals surface area contributed by atoms with Crippen LogP contribution in [0.1, 0.15) is 31.8 Å². The van der Waals surface area contributed by atoms with Gasteiger partial charge in [0.2, 0.25) is 0 Å². The van der Waals surface area contributed by atoms with Crippen LogP contribution in [0.5, 0.6) is 0 Å². The fourth-order valence-corrected chi connectivity index (χ4v) is 2.92. The van der Waals surface area contributed by atoms with Crippen LogP contribution in [0.3, 0.4) is 0 Å². The Balaban J connectivity index is 1.69. The first-order valence-electron chi connectivity index (χ1n) is 9.24. The van der Waals surface area contributed by atoms with Gasteiger partial charge >= 0.3 is 5.97 Å². The lowest BCUT2D eigenvalue weighted by atomic mass is 10.1. The van der Waals surface area contributed by atoms with Crippen molar-refractivity contribution in [2.45, 2.75) is 13.2 Å². The first kappa shape index (κ1) is 20.7. The normalized spacial score (nSPS) is 10.3. The van der Waals surface area contributed by atoms with E-state index in [0.717, 1.165) is 5.56 Å².